The average molecular weight is 518 g/mol. The number of rotatable bonds is 2. The van der Waals surface area contributed by atoms with E-state index in [1.807, 2.05) is 17.0 Å². The molecule has 0 bridgehead atoms. The molecule has 1 saturated carbocycles. The van der Waals surface area contributed by atoms with Crippen molar-refractivity contribution < 1.29 is 14.3 Å². The van der Waals surface area contributed by atoms with Gasteiger partial charge in [-0.3, -0.25) is 9.59 Å². The maximum absolute atomic E-state index is 14.0. The third-order valence-corrected chi connectivity index (χ3v) is 8.99. The van der Waals surface area contributed by atoms with Crippen LogP contribution >= 0.6 is 11.6 Å². The van der Waals surface area contributed by atoms with Crippen LogP contribution in [0.3, 0.4) is 0 Å². The highest BCUT2D eigenvalue weighted by molar-refractivity contribution is 6.35. The number of carbonyl (C=O) groups is 2. The molecule has 8 nitrogen and oxygen atoms in total. The fourth-order valence-corrected chi connectivity index (χ4v) is 6.88. The average Bonchev–Trinajstić information content (AvgIpc) is 3.48. The quantitative estimate of drug-likeness (QED) is 0.536. The van der Waals surface area contributed by atoms with Crippen molar-refractivity contribution in [2.75, 3.05) is 24.2 Å². The van der Waals surface area contributed by atoms with Gasteiger partial charge in [0.1, 0.15) is 11.5 Å². The van der Waals surface area contributed by atoms with Crippen LogP contribution in [-0.2, 0) is 28.2 Å². The molecular weight excluding hydrogens is 490 g/mol. The highest BCUT2D eigenvalue weighted by atomic mass is 35.5. The summed E-state index contributed by atoms with van der Waals surface area (Å²) < 4.78 is 5.62. The number of hydrogen-bond donors (Lipinski definition) is 1. The summed E-state index contributed by atoms with van der Waals surface area (Å²) in [6.07, 6.45) is 5.16. The summed E-state index contributed by atoms with van der Waals surface area (Å²) in [7, 11) is 1.80. The van der Waals surface area contributed by atoms with Gasteiger partial charge in [-0.2, -0.15) is 0 Å². The number of likely N-dealkylation sites (N-methyl/N-ethyl adjacent to an activating group) is 1. The van der Waals surface area contributed by atoms with E-state index < -0.39 is 5.41 Å². The fraction of sp³-hybridized carbons (Fsp3) is 0.429. The van der Waals surface area contributed by atoms with E-state index in [9.17, 15) is 9.59 Å². The number of halogens is 1. The van der Waals surface area contributed by atoms with Crippen molar-refractivity contribution in [1.29, 1.82) is 0 Å². The lowest BCUT2D eigenvalue weighted by molar-refractivity contribution is -0.119. The summed E-state index contributed by atoms with van der Waals surface area (Å²) in [5, 5.41) is 1.43. The van der Waals surface area contributed by atoms with Gasteiger partial charge < -0.3 is 20.3 Å². The van der Waals surface area contributed by atoms with Gasteiger partial charge >= 0.3 is 0 Å². The molecule has 1 saturated heterocycles. The highest BCUT2D eigenvalue weighted by Crippen LogP contribution is 2.59. The normalized spacial score (nSPS) is 23.6. The summed E-state index contributed by atoms with van der Waals surface area (Å²) in [6.45, 7) is 3.68. The summed E-state index contributed by atoms with van der Waals surface area (Å²) in [5.74, 6) is 0.829. The fourth-order valence-electron chi connectivity index (χ4n) is 6.53. The first kappa shape index (κ1) is 22.9. The summed E-state index contributed by atoms with van der Waals surface area (Å²) in [6, 6.07) is 5.76. The molecule has 3 aliphatic heterocycles. The number of hydrogen-bond acceptors (Lipinski definition) is 6. The van der Waals surface area contributed by atoms with Gasteiger partial charge in [-0.05, 0) is 60.4 Å². The zero-order valence-corrected chi connectivity index (χ0v) is 21.6. The zero-order valence-electron chi connectivity index (χ0n) is 20.9. The molecule has 37 heavy (non-hydrogen) atoms. The molecular formula is C28H28ClN5O3. The molecule has 190 valence electrons. The number of fused-ring (bicyclic) bond motifs is 5. The monoisotopic (exact) mass is 517 g/mol. The van der Waals surface area contributed by atoms with Gasteiger partial charge in [0.25, 0.3) is 5.91 Å². The van der Waals surface area contributed by atoms with Crippen LogP contribution in [0, 0.1) is 5.92 Å². The number of nitrogen functional groups attached to an aromatic ring is 1. The molecule has 1 aromatic carbocycles. The second-order valence-electron chi connectivity index (χ2n) is 11.0. The molecule has 7 rings (SSSR count). The third-order valence-electron chi connectivity index (χ3n) is 8.70. The van der Waals surface area contributed by atoms with Crippen LogP contribution in [0.5, 0.6) is 0 Å². The number of anilines is 2. The number of nitrogens with zero attached hydrogens (tertiary/aromatic N) is 4. The Hall–Kier alpha value is -3.23. The van der Waals surface area contributed by atoms with Crippen molar-refractivity contribution in [1.82, 2.24) is 14.9 Å². The Labute approximate surface area is 219 Å². The van der Waals surface area contributed by atoms with Crippen LogP contribution in [0.25, 0.3) is 10.9 Å². The maximum Gasteiger partial charge on any atom is 0.272 e. The molecule has 0 radical (unpaired) electrons. The lowest BCUT2D eigenvalue weighted by Crippen LogP contribution is -2.42. The Morgan fingerprint density at radius 2 is 1.97 bits per heavy atom. The maximum atomic E-state index is 14.0. The Morgan fingerprint density at radius 3 is 2.76 bits per heavy atom. The number of piperidine rings is 1. The van der Waals surface area contributed by atoms with Gasteiger partial charge in [0.05, 0.1) is 47.1 Å². The Balaban J connectivity index is 1.29. The van der Waals surface area contributed by atoms with Crippen LogP contribution in [0.4, 0.5) is 11.5 Å². The Bertz CT molecular complexity index is 1520. The van der Waals surface area contributed by atoms with Crippen molar-refractivity contribution in [2.45, 2.75) is 57.3 Å². The summed E-state index contributed by atoms with van der Waals surface area (Å²) in [4.78, 5) is 39.6. The number of benzene rings is 1. The number of carbonyl (C=O) groups excluding carboxylic acids is 2. The van der Waals surface area contributed by atoms with Crippen LogP contribution < -0.4 is 10.6 Å². The minimum atomic E-state index is -0.433. The lowest BCUT2D eigenvalue weighted by Gasteiger charge is -2.39. The molecule has 1 spiro atoms. The molecule has 9 heteroatoms. The van der Waals surface area contributed by atoms with Crippen molar-refractivity contribution >= 4 is 45.8 Å². The SMILES string of the molecule is C[C@H]1CCC(c2cc(Cl)c3c(c2)C2(CC2)C(=O)N3C)N(C(=O)c2cc3c4c(c(N)nc3cn2)COC4)C1. The highest BCUT2D eigenvalue weighted by Gasteiger charge is 2.59. The number of aromatic nitrogens is 2. The zero-order chi connectivity index (χ0) is 25.6. The first-order chi connectivity index (χ1) is 17.8. The molecule has 4 aliphatic rings. The molecule has 2 atom stereocenters. The standard InChI is InChI=1S/C28H28ClN5O3/c1-14-3-4-23(15-7-19-24(20(29)8-15)33(2)27(36)28(19)5-6-28)34(11-14)26(35)21-9-16-17-12-37-13-18(17)25(30)32-22(16)10-31-21/h7-10,14,23H,3-6,11-13H2,1-2H3,(H2,30,32)/t14-,23?/m0/s1. The van der Waals surface area contributed by atoms with Crippen molar-refractivity contribution in [3.8, 4) is 0 Å². The topological polar surface area (TPSA) is 102 Å². The molecule has 5 heterocycles. The van der Waals surface area contributed by atoms with E-state index in [4.69, 9.17) is 22.1 Å². The summed E-state index contributed by atoms with van der Waals surface area (Å²) >= 11 is 6.78. The molecule has 2 fully saturated rings. The van der Waals surface area contributed by atoms with Gasteiger partial charge in [0, 0.05) is 24.5 Å². The Kier molecular flexibility index (Phi) is 4.89. The van der Waals surface area contributed by atoms with E-state index in [-0.39, 0.29) is 17.9 Å². The van der Waals surface area contributed by atoms with Crippen molar-refractivity contribution in [3.05, 3.63) is 57.4 Å². The van der Waals surface area contributed by atoms with Crippen LogP contribution in [0.15, 0.2) is 24.4 Å². The molecule has 2 aromatic heterocycles. The van der Waals surface area contributed by atoms with E-state index in [1.54, 1.807) is 18.1 Å². The van der Waals surface area contributed by atoms with Crippen molar-refractivity contribution in [2.24, 2.45) is 5.92 Å². The second-order valence-corrected chi connectivity index (χ2v) is 11.4. The van der Waals surface area contributed by atoms with Gasteiger partial charge in [-0.15, -0.1) is 0 Å². The number of nitrogens with two attached hydrogens (primary N) is 1. The predicted molar refractivity (Wildman–Crippen MR) is 140 cm³/mol. The number of amides is 2. The van der Waals surface area contributed by atoms with Crippen LogP contribution in [0.2, 0.25) is 5.02 Å². The Morgan fingerprint density at radius 1 is 1.19 bits per heavy atom. The van der Waals surface area contributed by atoms with Gasteiger partial charge in [-0.1, -0.05) is 24.6 Å². The first-order valence-corrected chi connectivity index (χ1v) is 13.2. The molecule has 1 aliphatic carbocycles. The van der Waals surface area contributed by atoms with E-state index in [1.165, 1.54) is 0 Å². The first-order valence-electron chi connectivity index (χ1n) is 12.9. The minimum absolute atomic E-state index is 0.117. The van der Waals surface area contributed by atoms with Crippen LogP contribution in [0.1, 0.15) is 71.4 Å². The largest absolute Gasteiger partial charge is 0.383 e. The smallest absolute Gasteiger partial charge is 0.272 e. The minimum Gasteiger partial charge on any atom is -0.383 e. The van der Waals surface area contributed by atoms with Gasteiger partial charge in [0.15, 0.2) is 0 Å². The molecule has 2 amide bonds. The number of pyridine rings is 2. The number of likely N-dealkylation sites (tertiary alicyclic amines) is 1. The van der Waals surface area contributed by atoms with Gasteiger partial charge in [0.2, 0.25) is 5.91 Å². The molecule has 2 N–H and O–H groups in total. The number of ether oxygens (including phenoxy) is 1. The van der Waals surface area contributed by atoms with E-state index >= 15 is 0 Å². The van der Waals surface area contributed by atoms with E-state index in [2.05, 4.69) is 23.0 Å². The van der Waals surface area contributed by atoms with E-state index in [0.717, 1.165) is 59.0 Å². The summed E-state index contributed by atoms with van der Waals surface area (Å²) in [5.41, 5.74) is 11.4. The molecule has 3 aromatic rings. The third kappa shape index (κ3) is 3.25. The van der Waals surface area contributed by atoms with Crippen molar-refractivity contribution in [3.63, 3.8) is 0 Å². The van der Waals surface area contributed by atoms with Crippen LogP contribution in [-0.4, -0.2) is 40.3 Å². The predicted octanol–water partition coefficient (Wildman–Crippen LogP) is 4.52. The molecule has 1 unspecified atom stereocenters. The lowest BCUT2D eigenvalue weighted by atomic mass is 9.87. The van der Waals surface area contributed by atoms with Gasteiger partial charge in [-0.25, -0.2) is 9.97 Å². The second kappa shape index (κ2) is 7.88. The van der Waals surface area contributed by atoms with E-state index in [0.29, 0.717) is 47.7 Å².